The van der Waals surface area contributed by atoms with E-state index in [0.717, 1.165) is 6.33 Å². The van der Waals surface area contributed by atoms with Gasteiger partial charge in [-0.25, -0.2) is 4.98 Å². The Bertz CT molecular complexity index is 521. The third-order valence-corrected chi connectivity index (χ3v) is 2.98. The normalized spacial score (nSPS) is 18.4. The van der Waals surface area contributed by atoms with E-state index < -0.39 is 16.8 Å². The van der Waals surface area contributed by atoms with Crippen molar-refractivity contribution in [3.05, 3.63) is 16.4 Å². The minimum atomic E-state index is -0.911. The molecule has 0 aliphatic carbocycles. The molecule has 0 saturated carbocycles. The van der Waals surface area contributed by atoms with E-state index in [1.165, 1.54) is 7.11 Å². The molecule has 0 spiro atoms. The number of nitrogens with zero attached hydrogens (tertiary/aromatic N) is 4. The molecule has 1 N–H and O–H groups in total. The number of carboxylic acids is 1. The first kappa shape index (κ1) is 13.0. The van der Waals surface area contributed by atoms with Crippen LogP contribution < -0.4 is 9.64 Å². The van der Waals surface area contributed by atoms with Crippen molar-refractivity contribution in [1.29, 1.82) is 0 Å². The molecule has 2 rings (SSSR count). The number of rotatable bonds is 4. The summed E-state index contributed by atoms with van der Waals surface area (Å²) in [6.45, 7) is 0.592. The van der Waals surface area contributed by atoms with Crippen LogP contribution in [0, 0.1) is 16.0 Å². The van der Waals surface area contributed by atoms with Gasteiger partial charge in [0.25, 0.3) is 5.88 Å². The van der Waals surface area contributed by atoms with E-state index in [-0.39, 0.29) is 23.9 Å². The highest BCUT2D eigenvalue weighted by Gasteiger charge is 2.34. The van der Waals surface area contributed by atoms with Crippen LogP contribution in [0.4, 0.5) is 11.5 Å². The second kappa shape index (κ2) is 5.04. The number of carboxylic acid groups (broad SMARTS) is 1. The third-order valence-electron chi connectivity index (χ3n) is 2.98. The van der Waals surface area contributed by atoms with Gasteiger partial charge in [-0.15, -0.1) is 0 Å². The molecule has 0 bridgehead atoms. The Labute approximate surface area is 108 Å². The fraction of sp³-hybridized carbons (Fsp3) is 0.500. The van der Waals surface area contributed by atoms with E-state index in [2.05, 4.69) is 9.97 Å². The molecular formula is C10H12N4O5. The Balaban J connectivity index is 2.35. The van der Waals surface area contributed by atoms with Crippen LogP contribution >= 0.6 is 0 Å². The van der Waals surface area contributed by atoms with Crippen molar-refractivity contribution in [2.24, 2.45) is 5.92 Å². The zero-order valence-electron chi connectivity index (χ0n) is 10.1. The zero-order valence-corrected chi connectivity index (χ0v) is 10.1. The van der Waals surface area contributed by atoms with Crippen molar-refractivity contribution in [1.82, 2.24) is 9.97 Å². The molecule has 9 nitrogen and oxygen atoms in total. The summed E-state index contributed by atoms with van der Waals surface area (Å²) in [5, 5.41) is 20.0. The number of anilines is 1. The summed E-state index contributed by atoms with van der Waals surface area (Å²) >= 11 is 0. The lowest BCUT2D eigenvalue weighted by Gasteiger charge is -2.16. The van der Waals surface area contributed by atoms with Crippen LogP contribution in [0.1, 0.15) is 6.42 Å². The lowest BCUT2D eigenvalue weighted by molar-refractivity contribution is -0.385. The van der Waals surface area contributed by atoms with Gasteiger partial charge >= 0.3 is 11.7 Å². The highest BCUT2D eigenvalue weighted by molar-refractivity contribution is 5.73. The average Bonchev–Trinajstić information content (AvgIpc) is 2.87. The monoisotopic (exact) mass is 268 g/mol. The van der Waals surface area contributed by atoms with Crippen LogP contribution in [0.2, 0.25) is 0 Å². The molecule has 2 heterocycles. The predicted octanol–water partition coefficient (Wildman–Crippen LogP) is 0.304. The van der Waals surface area contributed by atoms with E-state index in [1.807, 2.05) is 0 Å². The average molecular weight is 268 g/mol. The summed E-state index contributed by atoms with van der Waals surface area (Å²) in [5.74, 6) is -1.49. The first-order valence-corrected chi connectivity index (χ1v) is 5.55. The number of ether oxygens (including phenoxy) is 1. The molecule has 19 heavy (non-hydrogen) atoms. The quantitative estimate of drug-likeness (QED) is 0.611. The van der Waals surface area contributed by atoms with Gasteiger partial charge in [0.2, 0.25) is 5.82 Å². The van der Waals surface area contributed by atoms with Crippen molar-refractivity contribution in [3.8, 4) is 5.88 Å². The van der Waals surface area contributed by atoms with Crippen LogP contribution in [-0.2, 0) is 4.79 Å². The van der Waals surface area contributed by atoms with Gasteiger partial charge in [0, 0.05) is 13.1 Å². The minimum Gasteiger partial charge on any atom is -0.481 e. The van der Waals surface area contributed by atoms with Crippen LogP contribution in [0.3, 0.4) is 0 Å². The van der Waals surface area contributed by atoms with Gasteiger partial charge in [0.15, 0.2) is 0 Å². The predicted molar refractivity (Wildman–Crippen MR) is 63.2 cm³/mol. The summed E-state index contributed by atoms with van der Waals surface area (Å²) in [7, 11) is 1.28. The zero-order chi connectivity index (χ0) is 14.0. The second-order valence-electron chi connectivity index (χ2n) is 4.08. The summed E-state index contributed by atoms with van der Waals surface area (Å²) in [6.07, 6.45) is 1.59. The lowest BCUT2D eigenvalue weighted by Crippen LogP contribution is -2.24. The molecule has 1 fully saturated rings. The third kappa shape index (κ3) is 2.39. The Kier molecular flexibility index (Phi) is 3.45. The summed E-state index contributed by atoms with van der Waals surface area (Å²) in [4.78, 5) is 30.5. The van der Waals surface area contributed by atoms with Crippen molar-refractivity contribution >= 4 is 17.5 Å². The summed E-state index contributed by atoms with van der Waals surface area (Å²) < 4.78 is 4.85. The summed E-state index contributed by atoms with van der Waals surface area (Å²) in [5.41, 5.74) is -0.337. The van der Waals surface area contributed by atoms with Crippen molar-refractivity contribution < 1.29 is 19.6 Å². The van der Waals surface area contributed by atoms with Crippen molar-refractivity contribution in [3.63, 3.8) is 0 Å². The molecule has 9 heteroatoms. The van der Waals surface area contributed by atoms with Gasteiger partial charge in [-0.1, -0.05) is 0 Å². The first-order chi connectivity index (χ1) is 9.04. The van der Waals surface area contributed by atoms with E-state index in [1.54, 1.807) is 4.90 Å². The van der Waals surface area contributed by atoms with Crippen LogP contribution in [0.5, 0.6) is 5.88 Å². The molecule has 0 aromatic carbocycles. The SMILES string of the molecule is COc1ncnc(N2CCC(C(=O)O)C2)c1[N+](=O)[O-]. The van der Waals surface area contributed by atoms with Gasteiger partial charge < -0.3 is 14.7 Å². The molecule has 0 amide bonds. The van der Waals surface area contributed by atoms with Gasteiger partial charge in [0.1, 0.15) is 6.33 Å². The maximum absolute atomic E-state index is 11.1. The molecule has 1 unspecified atom stereocenters. The standard InChI is InChI=1S/C10H12N4O5/c1-19-9-7(14(17)18)8(11-5-12-9)13-3-2-6(4-13)10(15)16/h5-6H,2-4H2,1H3,(H,15,16). The Hall–Kier alpha value is -2.45. The molecule has 0 radical (unpaired) electrons. The maximum Gasteiger partial charge on any atom is 0.372 e. The second-order valence-corrected chi connectivity index (χ2v) is 4.08. The smallest absolute Gasteiger partial charge is 0.372 e. The highest BCUT2D eigenvalue weighted by Crippen LogP contribution is 2.35. The molecule has 1 atom stereocenters. The largest absolute Gasteiger partial charge is 0.481 e. The topological polar surface area (TPSA) is 119 Å². The number of aromatic nitrogens is 2. The molecule has 102 valence electrons. The van der Waals surface area contributed by atoms with Gasteiger partial charge in [-0.05, 0) is 6.42 Å². The number of hydrogen-bond acceptors (Lipinski definition) is 7. The number of nitro groups is 1. The molecule has 1 aliphatic rings. The maximum atomic E-state index is 11.1. The molecule has 1 aromatic rings. The van der Waals surface area contributed by atoms with E-state index in [9.17, 15) is 14.9 Å². The fourth-order valence-corrected chi connectivity index (χ4v) is 2.05. The molecule has 1 aromatic heterocycles. The first-order valence-electron chi connectivity index (χ1n) is 5.55. The fourth-order valence-electron chi connectivity index (χ4n) is 2.05. The summed E-state index contributed by atoms with van der Waals surface area (Å²) in [6, 6.07) is 0. The number of carbonyl (C=O) groups is 1. The van der Waals surface area contributed by atoms with Gasteiger partial charge in [0.05, 0.1) is 18.0 Å². The minimum absolute atomic E-state index is 0.0978. The molecule has 1 saturated heterocycles. The van der Waals surface area contributed by atoms with E-state index in [0.29, 0.717) is 13.0 Å². The van der Waals surface area contributed by atoms with Crippen molar-refractivity contribution in [2.45, 2.75) is 6.42 Å². The van der Waals surface area contributed by atoms with E-state index >= 15 is 0 Å². The van der Waals surface area contributed by atoms with Crippen molar-refractivity contribution in [2.75, 3.05) is 25.1 Å². The Morgan fingerprint density at radius 1 is 1.63 bits per heavy atom. The van der Waals surface area contributed by atoms with Gasteiger partial charge in [-0.2, -0.15) is 4.98 Å². The lowest BCUT2D eigenvalue weighted by atomic mass is 10.1. The van der Waals surface area contributed by atoms with Crippen LogP contribution in [0.15, 0.2) is 6.33 Å². The number of methoxy groups -OCH3 is 1. The Morgan fingerprint density at radius 3 is 2.89 bits per heavy atom. The number of aliphatic carboxylic acids is 1. The van der Waals surface area contributed by atoms with Gasteiger partial charge in [-0.3, -0.25) is 14.9 Å². The molecular weight excluding hydrogens is 256 g/mol. The van der Waals surface area contributed by atoms with Crippen LogP contribution in [0.25, 0.3) is 0 Å². The van der Waals surface area contributed by atoms with E-state index in [4.69, 9.17) is 9.84 Å². The Morgan fingerprint density at radius 2 is 2.37 bits per heavy atom. The number of hydrogen-bond donors (Lipinski definition) is 1. The highest BCUT2D eigenvalue weighted by atomic mass is 16.6. The van der Waals surface area contributed by atoms with Crippen LogP contribution in [-0.4, -0.2) is 46.2 Å². The molecule has 1 aliphatic heterocycles.